The van der Waals surface area contributed by atoms with Gasteiger partial charge in [-0.15, -0.1) is 5.10 Å². The zero-order valence-electron chi connectivity index (χ0n) is 13.7. The second-order valence-corrected chi connectivity index (χ2v) is 5.11. The molecule has 0 radical (unpaired) electrons. The SMILES string of the molecule is CCOC(=O)c1ccc(Nc2nnc(-c3ccccc3[N+](=O)[O-])o2)cc1. The minimum atomic E-state index is -0.513. The number of hydrogen-bond acceptors (Lipinski definition) is 8. The molecule has 9 heteroatoms. The summed E-state index contributed by atoms with van der Waals surface area (Å²) in [5.74, 6) is -0.376. The molecule has 0 amide bonds. The van der Waals surface area contributed by atoms with Crippen LogP contribution in [0.4, 0.5) is 17.4 Å². The van der Waals surface area contributed by atoms with Crippen molar-refractivity contribution in [3.05, 3.63) is 64.2 Å². The average molecular weight is 354 g/mol. The Morgan fingerprint density at radius 3 is 2.62 bits per heavy atom. The van der Waals surface area contributed by atoms with Crippen LogP contribution in [0.1, 0.15) is 17.3 Å². The molecule has 0 spiro atoms. The number of ether oxygens (including phenoxy) is 1. The van der Waals surface area contributed by atoms with Gasteiger partial charge in [0.25, 0.3) is 11.6 Å². The number of hydrogen-bond donors (Lipinski definition) is 1. The molecule has 0 atom stereocenters. The summed E-state index contributed by atoms with van der Waals surface area (Å²) in [4.78, 5) is 22.2. The Hall–Kier alpha value is -3.75. The molecule has 0 aliphatic carbocycles. The van der Waals surface area contributed by atoms with Crippen LogP contribution in [0.3, 0.4) is 0 Å². The predicted octanol–water partition coefficient (Wildman–Crippen LogP) is 3.57. The monoisotopic (exact) mass is 354 g/mol. The number of nitrogens with zero attached hydrogens (tertiary/aromatic N) is 3. The second kappa shape index (κ2) is 7.43. The molecule has 9 nitrogen and oxygen atoms in total. The van der Waals surface area contributed by atoms with E-state index in [0.717, 1.165) is 0 Å². The van der Waals surface area contributed by atoms with Gasteiger partial charge in [0.2, 0.25) is 0 Å². The molecular formula is C17H14N4O5. The van der Waals surface area contributed by atoms with E-state index >= 15 is 0 Å². The Bertz CT molecular complexity index is 936. The highest BCUT2D eigenvalue weighted by molar-refractivity contribution is 5.89. The van der Waals surface area contributed by atoms with Gasteiger partial charge in [-0.1, -0.05) is 17.2 Å². The highest BCUT2D eigenvalue weighted by Gasteiger charge is 2.19. The van der Waals surface area contributed by atoms with Gasteiger partial charge in [0.15, 0.2) is 0 Å². The third kappa shape index (κ3) is 3.66. The number of nitrogens with one attached hydrogen (secondary N) is 1. The molecule has 132 valence electrons. The van der Waals surface area contributed by atoms with Crippen molar-refractivity contribution in [1.29, 1.82) is 0 Å². The van der Waals surface area contributed by atoms with Gasteiger partial charge < -0.3 is 14.5 Å². The number of nitro groups is 1. The summed E-state index contributed by atoms with van der Waals surface area (Å²) in [6, 6.07) is 12.7. The molecule has 26 heavy (non-hydrogen) atoms. The highest BCUT2D eigenvalue weighted by atomic mass is 16.6. The first kappa shape index (κ1) is 17.1. The van der Waals surface area contributed by atoms with Gasteiger partial charge in [0, 0.05) is 11.8 Å². The van der Waals surface area contributed by atoms with E-state index in [1.807, 2.05) is 0 Å². The van der Waals surface area contributed by atoms with Crippen LogP contribution < -0.4 is 5.32 Å². The lowest BCUT2D eigenvalue weighted by Crippen LogP contribution is -2.04. The van der Waals surface area contributed by atoms with E-state index in [2.05, 4.69) is 15.5 Å². The number of carbonyl (C=O) groups excluding carboxylic acids is 1. The summed E-state index contributed by atoms with van der Waals surface area (Å²) in [5, 5.41) is 21.6. The molecule has 0 bridgehead atoms. The lowest BCUT2D eigenvalue weighted by atomic mass is 10.2. The van der Waals surface area contributed by atoms with Crippen molar-refractivity contribution in [2.24, 2.45) is 0 Å². The number of rotatable bonds is 6. The Morgan fingerprint density at radius 1 is 1.19 bits per heavy atom. The van der Waals surface area contributed by atoms with Gasteiger partial charge >= 0.3 is 12.0 Å². The summed E-state index contributed by atoms with van der Waals surface area (Å²) < 4.78 is 10.4. The van der Waals surface area contributed by atoms with Gasteiger partial charge in [0.1, 0.15) is 5.56 Å². The molecule has 0 aliphatic heterocycles. The van der Waals surface area contributed by atoms with Gasteiger partial charge in [0.05, 0.1) is 17.1 Å². The van der Waals surface area contributed by atoms with Crippen molar-refractivity contribution >= 4 is 23.4 Å². The van der Waals surface area contributed by atoms with Crippen LogP contribution in [0, 0.1) is 10.1 Å². The maximum absolute atomic E-state index is 11.6. The fraction of sp³-hybridized carbons (Fsp3) is 0.118. The molecule has 1 N–H and O–H groups in total. The first-order chi connectivity index (χ1) is 12.6. The first-order valence-electron chi connectivity index (χ1n) is 7.70. The Labute approximate surface area is 147 Å². The van der Waals surface area contributed by atoms with E-state index in [9.17, 15) is 14.9 Å². The summed E-state index contributed by atoms with van der Waals surface area (Å²) in [6.45, 7) is 2.04. The standard InChI is InChI=1S/C17H14N4O5/c1-2-25-16(22)11-7-9-12(10-8-11)18-17-20-19-15(26-17)13-5-3-4-6-14(13)21(23)24/h3-10H,2H2,1H3,(H,18,20). The number of para-hydroxylation sites is 1. The van der Waals surface area contributed by atoms with Gasteiger partial charge in [-0.05, 0) is 37.3 Å². The molecule has 3 rings (SSSR count). The third-order valence-corrected chi connectivity index (χ3v) is 3.40. The van der Waals surface area contributed by atoms with E-state index in [1.165, 1.54) is 12.1 Å². The summed E-state index contributed by atoms with van der Waals surface area (Å²) >= 11 is 0. The zero-order valence-corrected chi connectivity index (χ0v) is 13.7. The molecule has 0 fully saturated rings. The molecule has 3 aromatic rings. The van der Waals surface area contributed by atoms with E-state index < -0.39 is 10.9 Å². The lowest BCUT2D eigenvalue weighted by Gasteiger charge is -2.04. The maximum Gasteiger partial charge on any atom is 0.338 e. The van der Waals surface area contributed by atoms with Gasteiger partial charge in [-0.2, -0.15) is 0 Å². The van der Waals surface area contributed by atoms with Crippen LogP contribution in [-0.2, 0) is 4.74 Å². The Morgan fingerprint density at radius 2 is 1.92 bits per heavy atom. The van der Waals surface area contributed by atoms with Crippen molar-refractivity contribution in [2.45, 2.75) is 6.92 Å². The molecule has 1 aromatic heterocycles. The zero-order chi connectivity index (χ0) is 18.5. The summed E-state index contributed by atoms with van der Waals surface area (Å²) in [7, 11) is 0. The summed E-state index contributed by atoms with van der Waals surface area (Å²) in [5.41, 5.74) is 1.14. The molecule has 1 heterocycles. The highest BCUT2D eigenvalue weighted by Crippen LogP contribution is 2.29. The number of nitro benzene ring substituents is 1. The Kier molecular flexibility index (Phi) is 4.88. The van der Waals surface area contributed by atoms with Crippen LogP contribution >= 0.6 is 0 Å². The minimum Gasteiger partial charge on any atom is -0.462 e. The quantitative estimate of drug-likeness (QED) is 0.405. The van der Waals surface area contributed by atoms with Crippen molar-refractivity contribution < 1.29 is 18.9 Å². The van der Waals surface area contributed by atoms with E-state index in [0.29, 0.717) is 17.9 Å². The summed E-state index contributed by atoms with van der Waals surface area (Å²) in [6.07, 6.45) is 0. The van der Waals surface area contributed by atoms with Crippen LogP contribution in [0.25, 0.3) is 11.5 Å². The number of anilines is 2. The Balaban J connectivity index is 1.77. The average Bonchev–Trinajstić information content (AvgIpc) is 3.11. The number of esters is 1. The van der Waals surface area contributed by atoms with E-state index in [1.54, 1.807) is 43.3 Å². The fourth-order valence-electron chi connectivity index (χ4n) is 2.22. The normalized spacial score (nSPS) is 10.3. The number of benzene rings is 2. The smallest absolute Gasteiger partial charge is 0.338 e. The van der Waals surface area contributed by atoms with Crippen LogP contribution in [0.5, 0.6) is 0 Å². The van der Waals surface area contributed by atoms with E-state index in [4.69, 9.17) is 9.15 Å². The van der Waals surface area contributed by atoms with Gasteiger partial charge in [-0.25, -0.2) is 4.79 Å². The molecule has 0 saturated heterocycles. The van der Waals surface area contributed by atoms with Crippen LogP contribution in [-0.4, -0.2) is 27.7 Å². The largest absolute Gasteiger partial charge is 0.462 e. The van der Waals surface area contributed by atoms with Crippen LogP contribution in [0.15, 0.2) is 52.9 Å². The maximum atomic E-state index is 11.6. The van der Waals surface area contributed by atoms with Crippen molar-refractivity contribution in [3.63, 3.8) is 0 Å². The number of carbonyl (C=O) groups is 1. The number of aromatic nitrogens is 2. The van der Waals surface area contributed by atoms with Crippen molar-refractivity contribution in [2.75, 3.05) is 11.9 Å². The second-order valence-electron chi connectivity index (χ2n) is 5.11. The third-order valence-electron chi connectivity index (χ3n) is 3.40. The topological polar surface area (TPSA) is 120 Å². The van der Waals surface area contributed by atoms with Gasteiger partial charge in [-0.3, -0.25) is 10.1 Å². The first-order valence-corrected chi connectivity index (χ1v) is 7.70. The predicted molar refractivity (Wildman–Crippen MR) is 92.1 cm³/mol. The minimum absolute atomic E-state index is 0.0305. The molecular weight excluding hydrogens is 340 g/mol. The molecule has 0 unspecified atom stereocenters. The van der Waals surface area contributed by atoms with Crippen molar-refractivity contribution in [3.8, 4) is 11.5 Å². The lowest BCUT2D eigenvalue weighted by molar-refractivity contribution is -0.384. The molecule has 2 aromatic carbocycles. The van der Waals surface area contributed by atoms with Crippen molar-refractivity contribution in [1.82, 2.24) is 10.2 Å². The van der Waals surface area contributed by atoms with Crippen LogP contribution in [0.2, 0.25) is 0 Å². The fourth-order valence-corrected chi connectivity index (χ4v) is 2.22. The molecule has 0 saturated carbocycles. The molecule has 0 aliphatic rings. The van der Waals surface area contributed by atoms with E-state index in [-0.39, 0.29) is 23.2 Å².